The van der Waals surface area contributed by atoms with Crippen LogP contribution in [0.25, 0.3) is 0 Å². The molecule has 0 spiro atoms. The van der Waals surface area contributed by atoms with Crippen LogP contribution in [-0.2, 0) is 0 Å². The molecule has 118 valence electrons. The molecule has 5 heteroatoms. The average Bonchev–Trinajstić information content (AvgIpc) is 2.47. The van der Waals surface area contributed by atoms with Crippen molar-refractivity contribution in [1.82, 2.24) is 21.3 Å². The lowest BCUT2D eigenvalue weighted by atomic mass is 10.3. The van der Waals surface area contributed by atoms with Crippen molar-refractivity contribution in [3.05, 3.63) is 25.3 Å². The molecule has 0 aromatic heterocycles. The van der Waals surface area contributed by atoms with E-state index in [9.17, 15) is 5.11 Å². The van der Waals surface area contributed by atoms with E-state index in [1.807, 2.05) is 12.2 Å². The highest BCUT2D eigenvalue weighted by molar-refractivity contribution is 4.76. The maximum atomic E-state index is 9.97. The van der Waals surface area contributed by atoms with Gasteiger partial charge in [0.15, 0.2) is 0 Å². The van der Waals surface area contributed by atoms with Crippen LogP contribution in [0.2, 0.25) is 0 Å². The summed E-state index contributed by atoms with van der Waals surface area (Å²) in [5, 5.41) is 23.2. The second kappa shape index (κ2) is 13.3. The first-order valence-electron chi connectivity index (χ1n) is 7.51. The summed E-state index contributed by atoms with van der Waals surface area (Å²) in [7, 11) is 0. The predicted molar refractivity (Wildman–Crippen MR) is 86.6 cm³/mol. The molecule has 0 radical (unpaired) electrons. The van der Waals surface area contributed by atoms with Gasteiger partial charge in [-0.05, 0) is 12.8 Å². The summed E-state index contributed by atoms with van der Waals surface area (Å²) in [4.78, 5) is 0. The van der Waals surface area contributed by atoms with Crippen LogP contribution in [0.5, 0.6) is 0 Å². The van der Waals surface area contributed by atoms with Crippen LogP contribution in [0.4, 0.5) is 0 Å². The SMILES string of the molecule is C=CCNC(CC)NCC(O)CNC(CC)NCC=C. The number of aliphatic hydroxyl groups is 1. The van der Waals surface area contributed by atoms with Gasteiger partial charge in [-0.3, -0.25) is 21.3 Å². The van der Waals surface area contributed by atoms with E-state index in [2.05, 4.69) is 48.3 Å². The smallest absolute Gasteiger partial charge is 0.0789 e. The quantitative estimate of drug-likeness (QED) is 0.238. The fourth-order valence-corrected chi connectivity index (χ4v) is 1.80. The molecule has 2 unspecified atom stereocenters. The molecule has 0 aliphatic rings. The lowest BCUT2D eigenvalue weighted by Crippen LogP contribution is -2.49. The van der Waals surface area contributed by atoms with E-state index in [0.717, 1.165) is 25.9 Å². The highest BCUT2D eigenvalue weighted by Gasteiger charge is 2.10. The van der Waals surface area contributed by atoms with Crippen LogP contribution >= 0.6 is 0 Å². The maximum Gasteiger partial charge on any atom is 0.0789 e. The summed E-state index contributed by atoms with van der Waals surface area (Å²) in [5.41, 5.74) is 0. The molecule has 20 heavy (non-hydrogen) atoms. The Kier molecular flexibility index (Phi) is 12.8. The van der Waals surface area contributed by atoms with Crippen molar-refractivity contribution >= 4 is 0 Å². The van der Waals surface area contributed by atoms with Crippen molar-refractivity contribution in [2.75, 3.05) is 26.2 Å². The minimum absolute atomic E-state index is 0.212. The normalized spacial score (nSPS) is 15.6. The van der Waals surface area contributed by atoms with Crippen molar-refractivity contribution in [1.29, 1.82) is 0 Å². The number of rotatable bonds is 14. The molecule has 0 saturated heterocycles. The Labute approximate surface area is 123 Å². The average molecular weight is 284 g/mol. The Morgan fingerprint density at radius 3 is 1.55 bits per heavy atom. The van der Waals surface area contributed by atoms with E-state index in [-0.39, 0.29) is 12.3 Å². The summed E-state index contributed by atoms with van der Waals surface area (Å²) >= 11 is 0. The molecule has 0 aliphatic heterocycles. The lowest BCUT2D eigenvalue weighted by molar-refractivity contribution is 0.154. The van der Waals surface area contributed by atoms with E-state index in [0.29, 0.717) is 13.1 Å². The molecular weight excluding hydrogens is 252 g/mol. The zero-order chi connectivity index (χ0) is 15.2. The topological polar surface area (TPSA) is 68.3 Å². The van der Waals surface area contributed by atoms with E-state index < -0.39 is 6.10 Å². The van der Waals surface area contributed by atoms with Gasteiger partial charge in [-0.1, -0.05) is 26.0 Å². The van der Waals surface area contributed by atoms with Crippen molar-refractivity contribution in [3.8, 4) is 0 Å². The minimum Gasteiger partial charge on any atom is -0.390 e. The Bertz CT molecular complexity index is 224. The second-order valence-corrected chi connectivity index (χ2v) is 4.79. The van der Waals surface area contributed by atoms with Crippen LogP contribution in [0.1, 0.15) is 26.7 Å². The Morgan fingerprint density at radius 1 is 0.850 bits per heavy atom. The van der Waals surface area contributed by atoms with E-state index in [4.69, 9.17) is 0 Å². The summed E-state index contributed by atoms with van der Waals surface area (Å²) in [5.74, 6) is 0. The van der Waals surface area contributed by atoms with Gasteiger partial charge in [-0.2, -0.15) is 0 Å². The summed E-state index contributed by atoms with van der Waals surface area (Å²) in [6.45, 7) is 14.2. The lowest BCUT2D eigenvalue weighted by Gasteiger charge is -2.23. The van der Waals surface area contributed by atoms with Gasteiger partial charge in [0.1, 0.15) is 0 Å². The minimum atomic E-state index is -0.408. The molecule has 0 saturated carbocycles. The molecule has 5 N–H and O–H groups in total. The third kappa shape index (κ3) is 10.1. The van der Waals surface area contributed by atoms with Crippen LogP contribution in [-0.4, -0.2) is 49.7 Å². The molecule has 0 amide bonds. The molecule has 0 aromatic rings. The van der Waals surface area contributed by atoms with Crippen molar-refractivity contribution < 1.29 is 5.11 Å². The van der Waals surface area contributed by atoms with Crippen LogP contribution in [0.3, 0.4) is 0 Å². The summed E-state index contributed by atoms with van der Waals surface area (Å²) in [6, 6.07) is 0. The molecule has 0 heterocycles. The Balaban J connectivity index is 3.81. The molecular formula is C15H32N4O. The number of hydrogen-bond acceptors (Lipinski definition) is 5. The van der Waals surface area contributed by atoms with Crippen molar-refractivity contribution in [2.45, 2.75) is 45.1 Å². The van der Waals surface area contributed by atoms with Gasteiger partial charge in [0.05, 0.1) is 18.4 Å². The largest absolute Gasteiger partial charge is 0.390 e. The highest BCUT2D eigenvalue weighted by Crippen LogP contribution is 1.90. The van der Waals surface area contributed by atoms with Gasteiger partial charge in [0.2, 0.25) is 0 Å². The van der Waals surface area contributed by atoms with Gasteiger partial charge in [0.25, 0.3) is 0 Å². The molecule has 0 aromatic carbocycles. The van der Waals surface area contributed by atoms with Gasteiger partial charge in [-0.25, -0.2) is 0 Å². The van der Waals surface area contributed by atoms with Crippen LogP contribution in [0, 0.1) is 0 Å². The van der Waals surface area contributed by atoms with Crippen molar-refractivity contribution in [3.63, 3.8) is 0 Å². The highest BCUT2D eigenvalue weighted by atomic mass is 16.3. The van der Waals surface area contributed by atoms with Gasteiger partial charge in [0, 0.05) is 26.2 Å². The monoisotopic (exact) mass is 284 g/mol. The fraction of sp³-hybridized carbons (Fsp3) is 0.733. The number of hydrogen-bond donors (Lipinski definition) is 5. The van der Waals surface area contributed by atoms with E-state index in [1.54, 1.807) is 0 Å². The summed E-state index contributed by atoms with van der Waals surface area (Å²) in [6.07, 6.45) is 5.61. The van der Waals surface area contributed by atoms with Gasteiger partial charge < -0.3 is 5.11 Å². The maximum absolute atomic E-state index is 9.97. The predicted octanol–water partition coefficient (Wildman–Crippen LogP) is 0.550. The Hall–Kier alpha value is -0.720. The van der Waals surface area contributed by atoms with Crippen LogP contribution in [0.15, 0.2) is 25.3 Å². The zero-order valence-electron chi connectivity index (χ0n) is 13.0. The second-order valence-electron chi connectivity index (χ2n) is 4.79. The van der Waals surface area contributed by atoms with Gasteiger partial charge >= 0.3 is 0 Å². The third-order valence-electron chi connectivity index (χ3n) is 3.03. The first-order valence-corrected chi connectivity index (χ1v) is 7.51. The van der Waals surface area contributed by atoms with Gasteiger partial charge in [-0.15, -0.1) is 13.2 Å². The summed E-state index contributed by atoms with van der Waals surface area (Å²) < 4.78 is 0. The molecule has 2 atom stereocenters. The first kappa shape index (κ1) is 19.3. The molecule has 0 bridgehead atoms. The zero-order valence-corrected chi connectivity index (χ0v) is 13.0. The third-order valence-corrected chi connectivity index (χ3v) is 3.03. The molecule has 0 aliphatic carbocycles. The fourth-order valence-electron chi connectivity index (χ4n) is 1.80. The molecule has 0 rings (SSSR count). The van der Waals surface area contributed by atoms with E-state index >= 15 is 0 Å². The molecule has 5 nitrogen and oxygen atoms in total. The van der Waals surface area contributed by atoms with Crippen molar-refractivity contribution in [2.24, 2.45) is 0 Å². The van der Waals surface area contributed by atoms with E-state index in [1.165, 1.54) is 0 Å². The standard InChI is InChI=1S/C15H32N4O/c1-5-9-16-14(7-3)18-11-13(20)12-19-15(8-4)17-10-6-2/h5-6,13-20H,1-2,7-12H2,3-4H3. The first-order chi connectivity index (χ1) is 9.67. The number of aliphatic hydroxyl groups excluding tert-OH is 1. The Morgan fingerprint density at radius 2 is 1.25 bits per heavy atom. The molecule has 0 fully saturated rings. The van der Waals surface area contributed by atoms with Crippen LogP contribution < -0.4 is 21.3 Å². The number of nitrogens with one attached hydrogen (secondary N) is 4.